The molecular formula is C12H13Cl2NO4S. The summed E-state index contributed by atoms with van der Waals surface area (Å²) >= 11 is 11.6. The van der Waals surface area contributed by atoms with Crippen molar-refractivity contribution in [2.45, 2.75) is 18.9 Å². The van der Waals surface area contributed by atoms with Crippen molar-refractivity contribution in [2.75, 3.05) is 11.5 Å². The first-order valence-corrected chi connectivity index (χ1v) is 8.55. The maximum atomic E-state index is 12.1. The van der Waals surface area contributed by atoms with Crippen LogP contribution in [0.3, 0.4) is 0 Å². The molecular weight excluding hydrogens is 325 g/mol. The molecule has 0 bridgehead atoms. The summed E-state index contributed by atoms with van der Waals surface area (Å²) in [5.41, 5.74) is -0.0514. The number of aromatic hydroxyl groups is 1. The molecule has 1 amide bonds. The fourth-order valence-corrected chi connectivity index (χ4v) is 4.14. The maximum absolute atomic E-state index is 12.1. The molecule has 0 saturated carbocycles. The molecule has 1 aliphatic heterocycles. The van der Waals surface area contributed by atoms with Gasteiger partial charge in [0.1, 0.15) is 15.6 Å². The molecule has 1 aliphatic rings. The second-order valence-corrected chi connectivity index (χ2v) is 7.83. The van der Waals surface area contributed by atoms with Crippen LogP contribution in [0.4, 0.5) is 0 Å². The van der Waals surface area contributed by atoms with Gasteiger partial charge < -0.3 is 10.4 Å². The van der Waals surface area contributed by atoms with Crippen LogP contribution in [0.15, 0.2) is 12.1 Å². The molecule has 1 heterocycles. The van der Waals surface area contributed by atoms with Crippen molar-refractivity contribution in [1.29, 1.82) is 0 Å². The zero-order valence-corrected chi connectivity index (χ0v) is 12.7. The maximum Gasteiger partial charge on any atom is 0.256 e. The Morgan fingerprint density at radius 1 is 1.25 bits per heavy atom. The molecule has 0 aromatic heterocycles. The van der Waals surface area contributed by atoms with Crippen molar-refractivity contribution in [3.05, 3.63) is 27.7 Å². The molecule has 5 nitrogen and oxygen atoms in total. The van der Waals surface area contributed by atoms with E-state index in [2.05, 4.69) is 5.32 Å². The van der Waals surface area contributed by atoms with Gasteiger partial charge in [-0.25, -0.2) is 8.42 Å². The van der Waals surface area contributed by atoms with Gasteiger partial charge in [0.15, 0.2) is 0 Å². The van der Waals surface area contributed by atoms with E-state index >= 15 is 0 Å². The van der Waals surface area contributed by atoms with Gasteiger partial charge in [-0.3, -0.25) is 4.79 Å². The molecule has 2 rings (SSSR count). The first kappa shape index (κ1) is 15.4. The number of hydrogen-bond acceptors (Lipinski definition) is 4. The molecule has 110 valence electrons. The predicted molar refractivity (Wildman–Crippen MR) is 77.3 cm³/mol. The molecule has 20 heavy (non-hydrogen) atoms. The summed E-state index contributed by atoms with van der Waals surface area (Å²) in [4.78, 5) is 12.1. The fraction of sp³-hybridized carbons (Fsp3) is 0.417. The molecule has 0 atom stereocenters. The Morgan fingerprint density at radius 2 is 1.85 bits per heavy atom. The number of sulfone groups is 1. The number of phenolic OH excluding ortho intramolecular Hbond substituents is 1. The second kappa shape index (κ2) is 5.79. The summed E-state index contributed by atoms with van der Waals surface area (Å²) in [6.45, 7) is 0. The molecule has 8 heteroatoms. The monoisotopic (exact) mass is 337 g/mol. The van der Waals surface area contributed by atoms with Crippen LogP contribution in [0.5, 0.6) is 5.75 Å². The van der Waals surface area contributed by atoms with Gasteiger partial charge in [-0.1, -0.05) is 23.2 Å². The summed E-state index contributed by atoms with van der Waals surface area (Å²) in [5, 5.41) is 12.7. The van der Waals surface area contributed by atoms with Crippen LogP contribution in [0, 0.1) is 0 Å². The predicted octanol–water partition coefficient (Wildman–Crippen LogP) is 2.01. The Balaban J connectivity index is 2.10. The summed E-state index contributed by atoms with van der Waals surface area (Å²) in [6.07, 6.45) is 0.722. The van der Waals surface area contributed by atoms with E-state index in [-0.39, 0.29) is 38.9 Å². The minimum absolute atomic E-state index is 0.0514. The van der Waals surface area contributed by atoms with Gasteiger partial charge in [0.05, 0.1) is 22.1 Å². The first-order chi connectivity index (χ1) is 9.28. The smallest absolute Gasteiger partial charge is 0.256 e. The normalized spacial score (nSPS) is 18.7. The van der Waals surface area contributed by atoms with Crippen LogP contribution in [-0.2, 0) is 9.84 Å². The average Bonchev–Trinajstić information content (AvgIpc) is 2.30. The van der Waals surface area contributed by atoms with Gasteiger partial charge >= 0.3 is 0 Å². The van der Waals surface area contributed by atoms with E-state index in [4.69, 9.17) is 23.2 Å². The third-order valence-electron chi connectivity index (χ3n) is 3.15. The van der Waals surface area contributed by atoms with Crippen LogP contribution in [0.25, 0.3) is 0 Å². The highest BCUT2D eigenvalue weighted by molar-refractivity contribution is 7.91. The second-order valence-electron chi connectivity index (χ2n) is 4.68. The Kier molecular flexibility index (Phi) is 4.46. The van der Waals surface area contributed by atoms with Crippen molar-refractivity contribution in [1.82, 2.24) is 5.32 Å². The first-order valence-electron chi connectivity index (χ1n) is 5.98. The summed E-state index contributed by atoms with van der Waals surface area (Å²) in [5.74, 6) is -0.729. The number of hydrogen-bond donors (Lipinski definition) is 2. The molecule has 1 aromatic rings. The Bertz CT molecular complexity index is 608. The molecule has 0 spiro atoms. The standard InChI is InChI=1S/C12H13Cl2NO4S/c13-7-5-9(14)11(10(16)6-7)12(17)15-8-1-3-20(18,19)4-2-8/h5-6,8,16H,1-4H2,(H,15,17). The number of carbonyl (C=O) groups is 1. The molecule has 1 aromatic carbocycles. The van der Waals surface area contributed by atoms with E-state index in [0.29, 0.717) is 12.8 Å². The highest BCUT2D eigenvalue weighted by Crippen LogP contribution is 2.30. The third kappa shape index (κ3) is 3.56. The number of amides is 1. The average molecular weight is 338 g/mol. The van der Waals surface area contributed by atoms with E-state index in [1.54, 1.807) is 0 Å². The number of halogens is 2. The van der Waals surface area contributed by atoms with Crippen LogP contribution < -0.4 is 5.32 Å². The van der Waals surface area contributed by atoms with Gasteiger partial charge in [0, 0.05) is 11.1 Å². The summed E-state index contributed by atoms with van der Waals surface area (Å²) in [6, 6.07) is 2.36. The summed E-state index contributed by atoms with van der Waals surface area (Å²) in [7, 11) is -2.98. The zero-order valence-electron chi connectivity index (χ0n) is 10.4. The van der Waals surface area contributed by atoms with Gasteiger partial charge in [0.2, 0.25) is 0 Å². The number of carbonyl (C=O) groups excluding carboxylic acids is 1. The van der Waals surface area contributed by atoms with Crippen molar-refractivity contribution in [3.8, 4) is 5.75 Å². The summed E-state index contributed by atoms with van der Waals surface area (Å²) < 4.78 is 22.6. The van der Waals surface area contributed by atoms with Gasteiger partial charge in [-0.2, -0.15) is 0 Å². The fourth-order valence-electron chi connectivity index (χ4n) is 2.08. The lowest BCUT2D eigenvalue weighted by atomic mass is 10.1. The number of phenols is 1. The van der Waals surface area contributed by atoms with Crippen molar-refractivity contribution >= 4 is 38.9 Å². The van der Waals surface area contributed by atoms with Crippen LogP contribution in [0.2, 0.25) is 10.0 Å². The van der Waals surface area contributed by atoms with E-state index in [9.17, 15) is 18.3 Å². The minimum atomic E-state index is -2.98. The van der Waals surface area contributed by atoms with Crippen LogP contribution in [0.1, 0.15) is 23.2 Å². The molecule has 0 aliphatic carbocycles. The van der Waals surface area contributed by atoms with Gasteiger partial charge in [-0.05, 0) is 25.0 Å². The van der Waals surface area contributed by atoms with Gasteiger partial charge in [0.25, 0.3) is 5.91 Å². The topological polar surface area (TPSA) is 83.5 Å². The Hall–Kier alpha value is -0.980. The van der Waals surface area contributed by atoms with Crippen molar-refractivity contribution in [2.24, 2.45) is 0 Å². The number of rotatable bonds is 2. The van der Waals surface area contributed by atoms with E-state index in [1.807, 2.05) is 0 Å². The largest absolute Gasteiger partial charge is 0.507 e. The van der Waals surface area contributed by atoms with E-state index in [0.717, 1.165) is 0 Å². The number of nitrogens with one attached hydrogen (secondary N) is 1. The van der Waals surface area contributed by atoms with Crippen LogP contribution in [-0.4, -0.2) is 37.0 Å². The van der Waals surface area contributed by atoms with Crippen molar-refractivity contribution in [3.63, 3.8) is 0 Å². The SMILES string of the molecule is O=C(NC1CCS(=O)(=O)CC1)c1c(O)cc(Cl)cc1Cl. The molecule has 1 fully saturated rings. The van der Waals surface area contributed by atoms with Gasteiger partial charge in [-0.15, -0.1) is 0 Å². The molecule has 1 saturated heterocycles. The lowest BCUT2D eigenvalue weighted by Gasteiger charge is -2.23. The number of benzene rings is 1. The minimum Gasteiger partial charge on any atom is -0.507 e. The molecule has 0 radical (unpaired) electrons. The van der Waals surface area contributed by atoms with E-state index in [1.165, 1.54) is 12.1 Å². The third-order valence-corrected chi connectivity index (χ3v) is 5.38. The Morgan fingerprint density at radius 3 is 2.40 bits per heavy atom. The van der Waals surface area contributed by atoms with Crippen LogP contribution >= 0.6 is 23.2 Å². The molecule has 2 N–H and O–H groups in total. The molecule has 0 unspecified atom stereocenters. The lowest BCUT2D eigenvalue weighted by molar-refractivity contribution is 0.0932. The highest BCUT2D eigenvalue weighted by atomic mass is 35.5. The van der Waals surface area contributed by atoms with Crippen molar-refractivity contribution < 1.29 is 18.3 Å². The zero-order chi connectivity index (χ0) is 14.9. The van der Waals surface area contributed by atoms with E-state index < -0.39 is 15.7 Å². The quantitative estimate of drug-likeness (QED) is 0.864. The Labute approximate surface area is 126 Å². The highest BCUT2D eigenvalue weighted by Gasteiger charge is 2.26. The lowest BCUT2D eigenvalue weighted by Crippen LogP contribution is -2.40.